The molecule has 0 heterocycles. The molecule has 6 nitrogen and oxygen atoms in total. The van der Waals surface area contributed by atoms with Crippen LogP contribution in [0, 0.1) is 0 Å². The van der Waals surface area contributed by atoms with Crippen LogP contribution in [0.15, 0.2) is 24.3 Å². The smallest absolute Gasteiger partial charge is 0.324 e. The molecule has 17 heavy (non-hydrogen) atoms. The average molecular weight is 278 g/mol. The number of rotatable bonds is 2. The summed E-state index contributed by atoms with van der Waals surface area (Å²) < 4.78 is 22.9. The van der Waals surface area contributed by atoms with Gasteiger partial charge in [0.15, 0.2) is 4.90 Å². The van der Waals surface area contributed by atoms with Crippen molar-refractivity contribution in [2.24, 2.45) is 0 Å². The second kappa shape index (κ2) is 3.75. The molecule has 0 bridgehead atoms. The molecule has 0 aromatic heterocycles. The fraction of sp³-hybridized carbons (Fsp3) is 0.333. The summed E-state index contributed by atoms with van der Waals surface area (Å²) in [6, 6.07) is 6.60. The van der Waals surface area contributed by atoms with Crippen LogP contribution in [0.4, 0.5) is 0 Å². The number of benzene rings is 1. The first-order valence-electron chi connectivity index (χ1n) is 4.85. The van der Waals surface area contributed by atoms with Gasteiger partial charge in [-0.05, 0) is 11.1 Å². The molecule has 0 spiro atoms. The number of hydrogen-bond donors (Lipinski definition) is 4. The zero-order valence-corrected chi connectivity index (χ0v) is 10.5. The Hall–Kier alpha value is -0.480. The van der Waals surface area contributed by atoms with Crippen molar-refractivity contribution >= 4 is 15.2 Å². The van der Waals surface area contributed by atoms with Crippen LogP contribution in [0.1, 0.15) is 11.1 Å². The lowest BCUT2D eigenvalue weighted by Gasteiger charge is -2.30. The fourth-order valence-electron chi connectivity index (χ4n) is 2.16. The van der Waals surface area contributed by atoms with Gasteiger partial charge in [0, 0.05) is 12.8 Å². The molecule has 1 aliphatic carbocycles. The normalized spacial score (nSPS) is 19.1. The number of fused-ring (bicyclic) bond motifs is 1. The van der Waals surface area contributed by atoms with E-state index in [1.807, 2.05) is 0 Å². The summed E-state index contributed by atoms with van der Waals surface area (Å²) in [5.74, 6) is 0. The van der Waals surface area contributed by atoms with E-state index in [1.165, 1.54) is 0 Å². The SMILES string of the molecule is O=P(O)(O)C1(P(=O)(O)O)Cc2ccccc2C1. The van der Waals surface area contributed by atoms with Gasteiger partial charge < -0.3 is 19.6 Å². The van der Waals surface area contributed by atoms with Crippen molar-refractivity contribution in [3.63, 3.8) is 0 Å². The zero-order chi connectivity index (χ0) is 12.9. The summed E-state index contributed by atoms with van der Waals surface area (Å²) in [4.78, 5) is 34.9. The largest absolute Gasteiger partial charge is 0.344 e. The highest BCUT2D eigenvalue weighted by Crippen LogP contribution is 2.73. The summed E-state index contributed by atoms with van der Waals surface area (Å²) in [5, 5.41) is 0. The Bertz CT molecular complexity index is 493. The highest BCUT2D eigenvalue weighted by Gasteiger charge is 2.62. The highest BCUT2D eigenvalue weighted by molar-refractivity contribution is 7.72. The van der Waals surface area contributed by atoms with Crippen LogP contribution in [0.25, 0.3) is 0 Å². The molecule has 2 rings (SSSR count). The molecule has 4 N–H and O–H groups in total. The van der Waals surface area contributed by atoms with Crippen molar-refractivity contribution in [2.45, 2.75) is 17.7 Å². The van der Waals surface area contributed by atoms with Gasteiger partial charge in [-0.15, -0.1) is 0 Å². The predicted molar refractivity (Wildman–Crippen MR) is 60.7 cm³/mol. The Labute approximate surface area is 97.6 Å². The van der Waals surface area contributed by atoms with Gasteiger partial charge in [-0.3, -0.25) is 9.13 Å². The highest BCUT2D eigenvalue weighted by atomic mass is 31.2. The molecular formula is C9H12O6P2. The van der Waals surface area contributed by atoms with E-state index in [4.69, 9.17) is 0 Å². The first-order valence-corrected chi connectivity index (χ1v) is 8.08. The van der Waals surface area contributed by atoms with Gasteiger partial charge in [0.1, 0.15) is 0 Å². The summed E-state index contributed by atoms with van der Waals surface area (Å²) in [6.45, 7) is 0. The third-order valence-electron chi connectivity index (χ3n) is 3.15. The summed E-state index contributed by atoms with van der Waals surface area (Å²) >= 11 is 0. The lowest BCUT2D eigenvalue weighted by Crippen LogP contribution is -2.29. The van der Waals surface area contributed by atoms with Crippen LogP contribution >= 0.6 is 15.2 Å². The van der Waals surface area contributed by atoms with Crippen LogP contribution in [0.2, 0.25) is 0 Å². The number of hydrogen-bond acceptors (Lipinski definition) is 2. The van der Waals surface area contributed by atoms with E-state index in [1.54, 1.807) is 24.3 Å². The quantitative estimate of drug-likeness (QED) is 0.596. The molecule has 94 valence electrons. The van der Waals surface area contributed by atoms with E-state index in [-0.39, 0.29) is 12.8 Å². The zero-order valence-electron chi connectivity index (χ0n) is 8.72. The maximum absolute atomic E-state index is 11.5. The fourth-order valence-corrected chi connectivity index (χ4v) is 5.02. The Kier molecular flexibility index (Phi) is 2.86. The van der Waals surface area contributed by atoms with Crippen molar-refractivity contribution in [3.8, 4) is 0 Å². The van der Waals surface area contributed by atoms with Crippen LogP contribution < -0.4 is 0 Å². The van der Waals surface area contributed by atoms with Crippen molar-refractivity contribution in [2.75, 3.05) is 0 Å². The molecule has 0 atom stereocenters. The molecule has 1 aromatic rings. The predicted octanol–water partition coefficient (Wildman–Crippen LogP) is 0.837. The van der Waals surface area contributed by atoms with Gasteiger partial charge in [0.25, 0.3) is 0 Å². The van der Waals surface area contributed by atoms with Gasteiger partial charge in [-0.2, -0.15) is 0 Å². The minimum Gasteiger partial charge on any atom is -0.324 e. The Morgan fingerprint density at radius 1 is 0.882 bits per heavy atom. The second-order valence-electron chi connectivity index (χ2n) is 4.19. The van der Waals surface area contributed by atoms with E-state index in [9.17, 15) is 28.7 Å². The van der Waals surface area contributed by atoms with Crippen LogP contribution in [0.3, 0.4) is 0 Å². The van der Waals surface area contributed by atoms with Gasteiger partial charge in [0.2, 0.25) is 0 Å². The topological polar surface area (TPSA) is 115 Å². The summed E-state index contributed by atoms with van der Waals surface area (Å²) in [7, 11) is -9.82. The lowest BCUT2D eigenvalue weighted by atomic mass is 10.1. The second-order valence-corrected chi connectivity index (χ2v) is 8.43. The van der Waals surface area contributed by atoms with Crippen LogP contribution in [-0.4, -0.2) is 24.5 Å². The van der Waals surface area contributed by atoms with Crippen molar-refractivity contribution in [1.82, 2.24) is 0 Å². The molecular weight excluding hydrogens is 266 g/mol. The van der Waals surface area contributed by atoms with Gasteiger partial charge in [-0.1, -0.05) is 24.3 Å². The first-order chi connectivity index (χ1) is 7.67. The minimum atomic E-state index is -4.91. The van der Waals surface area contributed by atoms with E-state index in [0.717, 1.165) is 0 Å². The molecule has 0 aliphatic heterocycles. The van der Waals surface area contributed by atoms with E-state index in [2.05, 4.69) is 0 Å². The van der Waals surface area contributed by atoms with Gasteiger partial charge in [0.05, 0.1) is 0 Å². The van der Waals surface area contributed by atoms with E-state index < -0.39 is 20.1 Å². The standard InChI is InChI=1S/C9H12O6P2/c10-16(11,12)9(17(13,14)15)5-7-3-1-2-4-8(7)6-9/h1-4H,5-6H2,(H2,10,11,12)(H2,13,14,15). The molecule has 1 aromatic carbocycles. The van der Waals surface area contributed by atoms with Crippen LogP contribution in [-0.2, 0) is 22.0 Å². The van der Waals surface area contributed by atoms with Gasteiger partial charge >= 0.3 is 15.2 Å². The summed E-state index contributed by atoms with van der Waals surface area (Å²) in [6.07, 6.45) is -0.588. The first kappa shape index (κ1) is 13.0. The minimum absolute atomic E-state index is 0.294. The molecule has 0 saturated carbocycles. The molecule has 0 fully saturated rings. The average Bonchev–Trinajstić information content (AvgIpc) is 2.55. The van der Waals surface area contributed by atoms with E-state index in [0.29, 0.717) is 11.1 Å². The molecule has 0 unspecified atom stereocenters. The maximum atomic E-state index is 11.5. The monoisotopic (exact) mass is 278 g/mol. The Morgan fingerprint density at radius 3 is 1.53 bits per heavy atom. The van der Waals surface area contributed by atoms with Crippen LogP contribution in [0.5, 0.6) is 0 Å². The third kappa shape index (κ3) is 1.91. The lowest BCUT2D eigenvalue weighted by molar-refractivity contribution is 0.309. The Morgan fingerprint density at radius 2 is 1.24 bits per heavy atom. The molecule has 0 saturated heterocycles. The van der Waals surface area contributed by atoms with Crippen molar-refractivity contribution in [1.29, 1.82) is 0 Å². The maximum Gasteiger partial charge on any atom is 0.344 e. The van der Waals surface area contributed by atoms with Crippen molar-refractivity contribution < 1.29 is 28.7 Å². The molecule has 8 heteroatoms. The third-order valence-corrected chi connectivity index (χ3v) is 7.51. The summed E-state index contributed by atoms with van der Waals surface area (Å²) in [5.41, 5.74) is 1.17. The molecule has 0 radical (unpaired) electrons. The van der Waals surface area contributed by atoms with E-state index >= 15 is 0 Å². The Balaban J connectivity index is 2.58. The molecule has 0 amide bonds. The van der Waals surface area contributed by atoms with Crippen molar-refractivity contribution in [3.05, 3.63) is 35.4 Å². The molecule has 1 aliphatic rings. The van der Waals surface area contributed by atoms with Gasteiger partial charge in [-0.25, -0.2) is 0 Å².